The van der Waals surface area contributed by atoms with E-state index in [1.807, 2.05) is 0 Å². The highest BCUT2D eigenvalue weighted by Gasteiger charge is 2.48. The fourth-order valence-electron chi connectivity index (χ4n) is 4.37. The molecule has 5 atom stereocenters. The third kappa shape index (κ3) is 11.9. The molecular weight excluding hydrogens is 654 g/mol. The number of aliphatic carboxylic acids is 1. The molecule has 2 aliphatic heterocycles. The smallest absolute Gasteiger partial charge is 0.335 e. The molecule has 1 aromatic carbocycles. The van der Waals surface area contributed by atoms with Gasteiger partial charge in [-0.25, -0.2) is 4.79 Å². The van der Waals surface area contributed by atoms with E-state index in [4.69, 9.17) is 23.7 Å². The van der Waals surface area contributed by atoms with Gasteiger partial charge in [-0.15, -0.1) is 0 Å². The summed E-state index contributed by atoms with van der Waals surface area (Å²) in [4.78, 5) is 72.4. The second kappa shape index (κ2) is 18.9. The first kappa shape index (κ1) is 39.0. The van der Waals surface area contributed by atoms with E-state index in [9.17, 15) is 49.2 Å². The van der Waals surface area contributed by atoms with Gasteiger partial charge in [-0.05, 0) is 17.7 Å². The molecule has 270 valence electrons. The Balaban J connectivity index is 1.46. The molecule has 2 heterocycles. The number of anilines is 1. The Labute approximate surface area is 280 Å². The average molecular weight is 696 g/mol. The summed E-state index contributed by atoms with van der Waals surface area (Å²) >= 11 is 0. The molecule has 0 bridgehead atoms. The number of carboxylic acids is 1. The zero-order valence-corrected chi connectivity index (χ0v) is 26.9. The highest BCUT2D eigenvalue weighted by atomic mass is 16.7. The number of hydrogen-bond donors (Lipinski definition) is 6. The zero-order chi connectivity index (χ0) is 36.1. The predicted molar refractivity (Wildman–Crippen MR) is 164 cm³/mol. The maximum absolute atomic E-state index is 12.8. The van der Waals surface area contributed by atoms with E-state index in [0.29, 0.717) is 5.56 Å². The summed E-state index contributed by atoms with van der Waals surface area (Å²) in [7, 11) is 0. The van der Waals surface area contributed by atoms with Gasteiger partial charge in [-0.2, -0.15) is 0 Å². The molecule has 18 heteroatoms. The number of aliphatic hydroxyl groups excluding tert-OH is 3. The number of carbonyl (C=O) groups excluding carboxylic acids is 5. The Morgan fingerprint density at radius 2 is 1.57 bits per heavy atom. The Morgan fingerprint density at radius 3 is 2.22 bits per heavy atom. The molecule has 18 nitrogen and oxygen atoms in total. The molecule has 1 saturated heterocycles. The van der Waals surface area contributed by atoms with Crippen molar-refractivity contribution in [1.29, 1.82) is 0 Å². The molecule has 49 heavy (non-hydrogen) atoms. The van der Waals surface area contributed by atoms with Gasteiger partial charge in [0.1, 0.15) is 30.7 Å². The van der Waals surface area contributed by atoms with Crippen LogP contribution in [0.1, 0.15) is 32.3 Å². The largest absolute Gasteiger partial charge is 0.479 e. The van der Waals surface area contributed by atoms with Crippen LogP contribution in [-0.4, -0.2) is 131 Å². The summed E-state index contributed by atoms with van der Waals surface area (Å²) in [5.74, 6) is -4.31. The molecule has 0 radical (unpaired) electrons. The number of imide groups is 1. The highest BCUT2D eigenvalue weighted by Crippen LogP contribution is 2.31. The monoisotopic (exact) mass is 695 g/mol. The first-order chi connectivity index (χ1) is 23.3. The summed E-state index contributed by atoms with van der Waals surface area (Å²) in [5, 5.41) is 44.9. The van der Waals surface area contributed by atoms with Crippen LogP contribution < -0.4 is 15.4 Å². The lowest BCUT2D eigenvalue weighted by atomic mass is 9.99. The molecular formula is C31H41N3O15. The Morgan fingerprint density at radius 1 is 0.898 bits per heavy atom. The van der Waals surface area contributed by atoms with Gasteiger partial charge in [0.15, 0.2) is 6.10 Å². The molecule has 1 aromatic rings. The van der Waals surface area contributed by atoms with E-state index in [1.54, 1.807) is 13.8 Å². The van der Waals surface area contributed by atoms with Crippen molar-refractivity contribution in [2.45, 2.75) is 64.0 Å². The molecule has 1 unspecified atom stereocenters. The van der Waals surface area contributed by atoms with Crippen molar-refractivity contribution in [2.75, 3.05) is 44.8 Å². The van der Waals surface area contributed by atoms with Crippen molar-refractivity contribution in [3.8, 4) is 5.75 Å². The van der Waals surface area contributed by atoms with Crippen LogP contribution in [0.15, 0.2) is 30.4 Å². The molecule has 3 rings (SSSR count). The van der Waals surface area contributed by atoms with Crippen molar-refractivity contribution < 1.29 is 72.9 Å². The fraction of sp³-hybridized carbons (Fsp3) is 0.548. The van der Waals surface area contributed by atoms with Crippen LogP contribution in [0, 0.1) is 5.92 Å². The number of carboxylic acid groups (broad SMARTS) is 1. The number of ether oxygens (including phenoxy) is 5. The zero-order valence-electron chi connectivity index (χ0n) is 26.9. The summed E-state index contributed by atoms with van der Waals surface area (Å²) < 4.78 is 26.7. The van der Waals surface area contributed by atoms with Crippen molar-refractivity contribution in [2.24, 2.45) is 5.92 Å². The van der Waals surface area contributed by atoms with Crippen LogP contribution in [0.2, 0.25) is 0 Å². The number of nitrogens with zero attached hydrogens (tertiary/aromatic N) is 1. The molecule has 6 N–H and O–H groups in total. The number of amides is 4. The van der Waals surface area contributed by atoms with Gasteiger partial charge in [-0.1, -0.05) is 19.9 Å². The van der Waals surface area contributed by atoms with Crippen molar-refractivity contribution in [3.63, 3.8) is 0 Å². The number of carbonyl (C=O) groups is 6. The number of nitrogens with one attached hydrogen (secondary N) is 2. The fourth-order valence-corrected chi connectivity index (χ4v) is 4.37. The van der Waals surface area contributed by atoms with Crippen molar-refractivity contribution in [1.82, 2.24) is 10.2 Å². The Kier molecular flexibility index (Phi) is 15.0. The maximum Gasteiger partial charge on any atom is 0.335 e. The second-order valence-electron chi connectivity index (χ2n) is 11.2. The molecule has 0 spiro atoms. The molecule has 2 aliphatic rings. The predicted octanol–water partition coefficient (Wildman–Crippen LogP) is -1.55. The van der Waals surface area contributed by atoms with Crippen LogP contribution in [-0.2, 0) is 54.3 Å². The lowest BCUT2D eigenvalue weighted by molar-refractivity contribution is -0.271. The van der Waals surface area contributed by atoms with Crippen LogP contribution in [0.3, 0.4) is 0 Å². The summed E-state index contributed by atoms with van der Waals surface area (Å²) in [5.41, 5.74) is 0.456. The number of hydrogen-bond acceptors (Lipinski definition) is 14. The minimum atomic E-state index is -1.93. The number of aliphatic hydroxyl groups is 3. The second-order valence-corrected chi connectivity index (χ2v) is 11.2. The minimum Gasteiger partial charge on any atom is -0.479 e. The van der Waals surface area contributed by atoms with Gasteiger partial charge >= 0.3 is 11.9 Å². The van der Waals surface area contributed by atoms with E-state index >= 15 is 0 Å². The van der Waals surface area contributed by atoms with Crippen molar-refractivity contribution in [3.05, 3.63) is 35.9 Å². The van der Waals surface area contributed by atoms with Gasteiger partial charge in [0.05, 0.1) is 44.6 Å². The SMILES string of the molecule is CC(C)C(=O)OCc1ccc(O[C@@H]2O[C@H](C(=O)O)[C@@H](O)C(O)[C@H]2O)c(NC(=O)CCNC(=O)CCOCCOCCN2C(=O)C=CC2=O)c1. The van der Waals surface area contributed by atoms with Crippen molar-refractivity contribution >= 4 is 41.3 Å². The number of benzene rings is 1. The summed E-state index contributed by atoms with van der Waals surface area (Å²) in [6.07, 6.45) is -7.19. The summed E-state index contributed by atoms with van der Waals surface area (Å²) in [6.45, 7) is 3.81. The number of esters is 1. The number of rotatable bonds is 19. The van der Waals surface area contributed by atoms with Gasteiger partial charge in [-0.3, -0.25) is 28.9 Å². The van der Waals surface area contributed by atoms with Crippen LogP contribution in [0.25, 0.3) is 0 Å². The van der Waals surface area contributed by atoms with E-state index in [2.05, 4.69) is 10.6 Å². The van der Waals surface area contributed by atoms with E-state index < -0.39 is 60.4 Å². The topological polar surface area (TPSA) is 257 Å². The van der Waals surface area contributed by atoms with Gasteiger partial charge in [0, 0.05) is 31.5 Å². The quantitative estimate of drug-likeness (QED) is 0.0544. The van der Waals surface area contributed by atoms with Crippen LogP contribution >= 0.6 is 0 Å². The normalized spacial score (nSPS) is 21.9. The van der Waals surface area contributed by atoms with E-state index in [0.717, 1.165) is 4.90 Å². The molecule has 0 aromatic heterocycles. The highest BCUT2D eigenvalue weighted by molar-refractivity contribution is 6.12. The molecule has 1 fully saturated rings. The average Bonchev–Trinajstić information content (AvgIpc) is 3.37. The molecule has 0 aliphatic carbocycles. The van der Waals surface area contributed by atoms with Gasteiger partial charge in [0.2, 0.25) is 18.1 Å². The van der Waals surface area contributed by atoms with E-state index in [1.165, 1.54) is 30.4 Å². The minimum absolute atomic E-state index is 0.000794. The summed E-state index contributed by atoms with van der Waals surface area (Å²) in [6, 6.07) is 4.24. The third-order valence-electron chi connectivity index (χ3n) is 7.11. The van der Waals surface area contributed by atoms with Crippen LogP contribution in [0.4, 0.5) is 5.69 Å². The standard InChI is InChI=1S/C31H41N3O15/c1-17(2)30(44)47-16-18-3-4-20(48-31-27(41)25(39)26(40)28(49-31)29(42)43)19(15-18)33-22(36)7-9-32-21(35)8-11-45-13-14-46-12-10-34-23(37)5-6-24(34)38/h3-6,15,17,25-28,31,39-41H,7-14,16H2,1-2H3,(H,32,35)(H,33,36)(H,42,43)/t25?,26-,27+,28-,31+/m0/s1. The first-order valence-electron chi connectivity index (χ1n) is 15.4. The molecule has 4 amide bonds. The van der Waals surface area contributed by atoms with Gasteiger partial charge in [0.25, 0.3) is 11.8 Å². The van der Waals surface area contributed by atoms with Gasteiger partial charge < -0.3 is 54.7 Å². The lowest BCUT2D eigenvalue weighted by Gasteiger charge is -2.38. The first-order valence-corrected chi connectivity index (χ1v) is 15.4. The molecule has 0 saturated carbocycles. The lowest BCUT2D eigenvalue weighted by Crippen LogP contribution is -2.61. The van der Waals surface area contributed by atoms with Crippen LogP contribution in [0.5, 0.6) is 5.75 Å². The van der Waals surface area contributed by atoms with E-state index in [-0.39, 0.29) is 82.2 Å². The Bertz CT molecular complexity index is 1370. The maximum atomic E-state index is 12.8. The Hall–Kier alpha value is -4.46. The third-order valence-corrected chi connectivity index (χ3v) is 7.11.